The van der Waals surface area contributed by atoms with Crippen LogP contribution in [0.15, 0.2) is 30.8 Å². The minimum atomic E-state index is -0.222. The van der Waals surface area contributed by atoms with Crippen molar-refractivity contribution in [3.05, 3.63) is 42.0 Å². The molecule has 5 heteroatoms. The Morgan fingerprint density at radius 2 is 2.09 bits per heavy atom. The van der Waals surface area contributed by atoms with Gasteiger partial charge in [-0.3, -0.25) is 4.79 Å². The SMILES string of the molecule is C=Cc1ccc(COC(=O)CCSCC(C=O)CC(C)N)cc1. The number of carbonyl (C=O) groups excluding carboxylic acids is 2. The highest BCUT2D eigenvalue weighted by molar-refractivity contribution is 7.99. The molecule has 0 aliphatic heterocycles. The van der Waals surface area contributed by atoms with Crippen molar-refractivity contribution in [2.75, 3.05) is 11.5 Å². The van der Waals surface area contributed by atoms with E-state index in [4.69, 9.17) is 10.5 Å². The zero-order valence-electron chi connectivity index (χ0n) is 13.6. The van der Waals surface area contributed by atoms with Crippen molar-refractivity contribution in [2.24, 2.45) is 11.7 Å². The molecule has 2 unspecified atom stereocenters. The Labute approximate surface area is 142 Å². The third kappa shape index (κ3) is 8.57. The first-order chi connectivity index (χ1) is 11.0. The summed E-state index contributed by atoms with van der Waals surface area (Å²) in [6.07, 6.45) is 3.74. The van der Waals surface area contributed by atoms with Gasteiger partial charge in [0.2, 0.25) is 0 Å². The van der Waals surface area contributed by atoms with Crippen LogP contribution in [0.3, 0.4) is 0 Å². The molecule has 0 bridgehead atoms. The van der Waals surface area contributed by atoms with Crippen LogP contribution in [0.4, 0.5) is 0 Å². The highest BCUT2D eigenvalue weighted by atomic mass is 32.2. The van der Waals surface area contributed by atoms with E-state index in [1.807, 2.05) is 31.2 Å². The van der Waals surface area contributed by atoms with Gasteiger partial charge in [-0.05, 0) is 24.5 Å². The van der Waals surface area contributed by atoms with Crippen LogP contribution in [-0.2, 0) is 20.9 Å². The van der Waals surface area contributed by atoms with Crippen molar-refractivity contribution < 1.29 is 14.3 Å². The summed E-state index contributed by atoms with van der Waals surface area (Å²) in [6, 6.07) is 7.72. The van der Waals surface area contributed by atoms with Gasteiger partial charge in [0.1, 0.15) is 12.9 Å². The Balaban J connectivity index is 2.18. The lowest BCUT2D eigenvalue weighted by Crippen LogP contribution is -2.21. The summed E-state index contributed by atoms with van der Waals surface area (Å²) in [5.74, 6) is 1.08. The van der Waals surface area contributed by atoms with Crippen LogP contribution in [0, 0.1) is 5.92 Å². The molecule has 1 rings (SSSR count). The smallest absolute Gasteiger partial charge is 0.306 e. The minimum absolute atomic E-state index is 0.0169. The van der Waals surface area contributed by atoms with E-state index in [0.29, 0.717) is 24.3 Å². The fourth-order valence-electron chi connectivity index (χ4n) is 2.02. The van der Waals surface area contributed by atoms with Crippen LogP contribution in [0.2, 0.25) is 0 Å². The van der Waals surface area contributed by atoms with Crippen LogP contribution in [-0.4, -0.2) is 29.8 Å². The van der Waals surface area contributed by atoms with Gasteiger partial charge in [0.05, 0.1) is 6.42 Å². The number of nitrogens with two attached hydrogens (primary N) is 1. The van der Waals surface area contributed by atoms with Crippen molar-refractivity contribution in [2.45, 2.75) is 32.4 Å². The molecular formula is C18H25NO3S. The molecule has 0 aromatic heterocycles. The standard InChI is InChI=1S/C18H25NO3S/c1-3-15-4-6-16(7-5-15)12-22-18(21)8-9-23-13-17(11-20)10-14(2)19/h3-7,11,14,17H,1,8-10,12-13,19H2,2H3. The van der Waals surface area contributed by atoms with Gasteiger partial charge in [0.15, 0.2) is 0 Å². The number of carbonyl (C=O) groups is 2. The first kappa shape index (κ1) is 19.5. The fourth-order valence-corrected chi connectivity index (χ4v) is 3.01. The van der Waals surface area contributed by atoms with E-state index in [2.05, 4.69) is 6.58 Å². The maximum Gasteiger partial charge on any atom is 0.306 e. The second kappa shape index (κ2) is 11.0. The number of aldehydes is 1. The van der Waals surface area contributed by atoms with E-state index in [9.17, 15) is 9.59 Å². The van der Waals surface area contributed by atoms with Gasteiger partial charge < -0.3 is 15.3 Å². The largest absolute Gasteiger partial charge is 0.461 e. The van der Waals surface area contributed by atoms with Crippen molar-refractivity contribution >= 4 is 30.1 Å². The Hall–Kier alpha value is -1.59. The van der Waals surface area contributed by atoms with E-state index < -0.39 is 0 Å². The number of benzene rings is 1. The molecule has 1 aromatic rings. The summed E-state index contributed by atoms with van der Waals surface area (Å²) >= 11 is 1.58. The molecule has 0 heterocycles. The monoisotopic (exact) mass is 335 g/mol. The van der Waals surface area contributed by atoms with E-state index in [-0.39, 0.29) is 24.5 Å². The molecule has 0 saturated carbocycles. The van der Waals surface area contributed by atoms with Gasteiger partial charge in [0, 0.05) is 23.5 Å². The van der Waals surface area contributed by atoms with Crippen molar-refractivity contribution in [1.29, 1.82) is 0 Å². The average Bonchev–Trinajstić information content (AvgIpc) is 2.55. The maximum atomic E-state index is 11.7. The summed E-state index contributed by atoms with van der Waals surface area (Å²) in [6.45, 7) is 5.86. The number of hydrogen-bond acceptors (Lipinski definition) is 5. The fraction of sp³-hybridized carbons (Fsp3) is 0.444. The molecule has 2 atom stereocenters. The van der Waals surface area contributed by atoms with Crippen LogP contribution in [0.25, 0.3) is 6.08 Å². The summed E-state index contributed by atoms with van der Waals surface area (Å²) in [5.41, 5.74) is 7.68. The Morgan fingerprint density at radius 3 is 2.65 bits per heavy atom. The molecule has 1 aromatic carbocycles. The topological polar surface area (TPSA) is 69.4 Å². The van der Waals surface area contributed by atoms with E-state index in [0.717, 1.165) is 17.4 Å². The van der Waals surface area contributed by atoms with Gasteiger partial charge in [-0.25, -0.2) is 0 Å². The molecule has 4 nitrogen and oxygen atoms in total. The third-order valence-corrected chi connectivity index (χ3v) is 4.42. The zero-order chi connectivity index (χ0) is 17.1. The molecule has 0 radical (unpaired) electrons. The quantitative estimate of drug-likeness (QED) is 0.382. The van der Waals surface area contributed by atoms with Crippen molar-refractivity contribution in [1.82, 2.24) is 0 Å². The molecular weight excluding hydrogens is 310 g/mol. The van der Waals surface area contributed by atoms with Gasteiger partial charge in [0.25, 0.3) is 0 Å². The Morgan fingerprint density at radius 1 is 1.39 bits per heavy atom. The molecule has 0 fully saturated rings. The van der Waals surface area contributed by atoms with Crippen molar-refractivity contribution in [3.8, 4) is 0 Å². The Bertz CT molecular complexity index is 499. The number of rotatable bonds is 11. The van der Waals surface area contributed by atoms with E-state index in [1.165, 1.54) is 0 Å². The molecule has 0 amide bonds. The lowest BCUT2D eigenvalue weighted by molar-refractivity contribution is -0.144. The van der Waals surface area contributed by atoms with E-state index >= 15 is 0 Å². The van der Waals surface area contributed by atoms with Gasteiger partial charge in [-0.1, -0.05) is 36.9 Å². The van der Waals surface area contributed by atoms with Crippen molar-refractivity contribution in [3.63, 3.8) is 0 Å². The molecule has 0 saturated heterocycles. The van der Waals surface area contributed by atoms with E-state index in [1.54, 1.807) is 17.8 Å². The lowest BCUT2D eigenvalue weighted by Gasteiger charge is -2.12. The number of ether oxygens (including phenoxy) is 1. The molecule has 0 aliphatic rings. The summed E-state index contributed by atoms with van der Waals surface area (Å²) in [4.78, 5) is 22.6. The van der Waals surface area contributed by atoms with Crippen LogP contribution in [0.1, 0.15) is 30.9 Å². The third-order valence-electron chi connectivity index (χ3n) is 3.26. The van der Waals surface area contributed by atoms with Crippen LogP contribution >= 0.6 is 11.8 Å². The number of esters is 1. The lowest BCUT2D eigenvalue weighted by atomic mass is 10.1. The summed E-state index contributed by atoms with van der Waals surface area (Å²) in [7, 11) is 0. The van der Waals surface area contributed by atoms with Gasteiger partial charge >= 0.3 is 5.97 Å². The highest BCUT2D eigenvalue weighted by Crippen LogP contribution is 2.13. The molecule has 126 valence electrons. The summed E-state index contributed by atoms with van der Waals surface area (Å²) in [5, 5.41) is 0. The second-order valence-corrected chi connectivity index (χ2v) is 6.69. The maximum absolute atomic E-state index is 11.7. The van der Waals surface area contributed by atoms with Gasteiger partial charge in [-0.15, -0.1) is 0 Å². The number of thioether (sulfide) groups is 1. The molecule has 0 spiro atoms. The number of hydrogen-bond donors (Lipinski definition) is 1. The second-order valence-electron chi connectivity index (χ2n) is 5.54. The van der Waals surface area contributed by atoms with Crippen LogP contribution < -0.4 is 5.73 Å². The average molecular weight is 335 g/mol. The highest BCUT2D eigenvalue weighted by Gasteiger charge is 2.11. The van der Waals surface area contributed by atoms with Crippen LogP contribution in [0.5, 0.6) is 0 Å². The first-order valence-electron chi connectivity index (χ1n) is 7.70. The first-order valence-corrected chi connectivity index (χ1v) is 8.86. The predicted molar refractivity (Wildman–Crippen MR) is 96.1 cm³/mol. The molecule has 2 N–H and O–H groups in total. The molecule has 23 heavy (non-hydrogen) atoms. The minimum Gasteiger partial charge on any atom is -0.461 e. The predicted octanol–water partition coefficient (Wildman–Crippen LogP) is 3.05. The normalized spacial score (nSPS) is 13.1. The molecule has 0 aliphatic carbocycles. The Kier molecular flexibility index (Phi) is 9.33. The van der Waals surface area contributed by atoms with Gasteiger partial charge in [-0.2, -0.15) is 11.8 Å². The summed E-state index contributed by atoms with van der Waals surface area (Å²) < 4.78 is 5.23. The zero-order valence-corrected chi connectivity index (χ0v) is 14.4.